The largest absolute Gasteiger partial charge is 0.394 e. The molecule has 2 heterocycles. The highest BCUT2D eigenvalue weighted by Gasteiger charge is 2.58. The highest BCUT2D eigenvalue weighted by atomic mass is 32.2. The molecule has 1 fully saturated rings. The van der Waals surface area contributed by atoms with Gasteiger partial charge in [-0.2, -0.15) is 13.1 Å². The van der Waals surface area contributed by atoms with Crippen molar-refractivity contribution in [2.75, 3.05) is 25.5 Å². The van der Waals surface area contributed by atoms with Crippen LogP contribution >= 0.6 is 0 Å². The maximum Gasteiger partial charge on any atom is 0.323 e. The third kappa shape index (κ3) is 4.81. The Kier molecular flexibility index (Phi) is 6.82. The molecule has 0 aliphatic carbocycles. The lowest BCUT2D eigenvalue weighted by Gasteiger charge is -2.26. The van der Waals surface area contributed by atoms with E-state index in [9.17, 15) is 44.7 Å². The van der Waals surface area contributed by atoms with Crippen molar-refractivity contribution in [1.82, 2.24) is 19.5 Å². The molecule has 2 atom stereocenters. The van der Waals surface area contributed by atoms with Gasteiger partial charge in [-0.25, -0.2) is 35.9 Å². The van der Waals surface area contributed by atoms with E-state index >= 15 is 0 Å². The molecule has 0 radical (unpaired) electrons. The number of aliphatic hydroxyl groups excluding tert-OH is 1. The number of amides is 2. The molecule has 17 heteroatoms. The number of halogens is 6. The molecule has 0 unspecified atom stereocenters. The van der Waals surface area contributed by atoms with Gasteiger partial charge in [0.2, 0.25) is 0 Å². The molecule has 1 aliphatic rings. The van der Waals surface area contributed by atoms with Crippen LogP contribution in [0.25, 0.3) is 22.1 Å². The minimum Gasteiger partial charge on any atom is -0.394 e. The zero-order valence-electron chi connectivity index (χ0n) is 18.5. The number of carbonyl (C=O) groups excluding carboxylic acids is 1. The first-order chi connectivity index (χ1) is 17.3. The van der Waals surface area contributed by atoms with Crippen molar-refractivity contribution in [3.05, 3.63) is 47.5 Å². The lowest BCUT2D eigenvalue weighted by molar-refractivity contribution is -0.0558. The van der Waals surface area contributed by atoms with Crippen LogP contribution in [0.2, 0.25) is 0 Å². The Morgan fingerprint density at radius 3 is 2.38 bits per heavy atom. The van der Waals surface area contributed by atoms with E-state index < -0.39 is 93.2 Å². The van der Waals surface area contributed by atoms with E-state index in [2.05, 4.69) is 10.5 Å². The van der Waals surface area contributed by atoms with Crippen molar-refractivity contribution in [3.63, 3.8) is 0 Å². The van der Waals surface area contributed by atoms with Gasteiger partial charge in [-0.3, -0.25) is 5.32 Å². The van der Waals surface area contributed by atoms with Gasteiger partial charge in [-0.05, 0) is 6.07 Å². The zero-order chi connectivity index (χ0) is 27.3. The van der Waals surface area contributed by atoms with Gasteiger partial charge in [0, 0.05) is 37.4 Å². The number of carbonyl (C=O) groups is 1. The Balaban J connectivity index is 1.73. The number of nitrogens with zero attached hydrogens (tertiary/aromatic N) is 2. The lowest BCUT2D eigenvalue weighted by Crippen LogP contribution is -2.52. The molecule has 37 heavy (non-hydrogen) atoms. The molecule has 3 aromatic rings. The lowest BCUT2D eigenvalue weighted by atomic mass is 10.00. The van der Waals surface area contributed by atoms with Crippen LogP contribution in [-0.4, -0.2) is 67.8 Å². The fourth-order valence-corrected chi connectivity index (χ4v) is 4.71. The molecule has 2 aromatic carbocycles. The molecule has 0 bridgehead atoms. The summed E-state index contributed by atoms with van der Waals surface area (Å²) in [6.45, 7) is -2.16. The Hall–Kier alpha value is -3.41. The third-order valence-electron chi connectivity index (χ3n) is 5.70. The highest BCUT2D eigenvalue weighted by molar-refractivity contribution is 7.87. The van der Waals surface area contributed by atoms with Gasteiger partial charge in [-0.1, -0.05) is 5.16 Å². The highest BCUT2D eigenvalue weighted by Crippen LogP contribution is 2.39. The van der Waals surface area contributed by atoms with Gasteiger partial charge in [0.05, 0.1) is 17.6 Å². The molecule has 0 spiro atoms. The van der Waals surface area contributed by atoms with Gasteiger partial charge >= 0.3 is 6.03 Å². The van der Waals surface area contributed by atoms with Crippen molar-refractivity contribution in [3.8, 4) is 11.1 Å². The number of aliphatic hydroxyl groups is 1. The molecule has 1 aliphatic heterocycles. The van der Waals surface area contributed by atoms with E-state index in [1.807, 2.05) is 0 Å². The Morgan fingerprint density at radius 1 is 1.16 bits per heavy atom. The summed E-state index contributed by atoms with van der Waals surface area (Å²) in [6, 6.07) is -3.53. The maximum atomic E-state index is 14.8. The summed E-state index contributed by atoms with van der Waals surface area (Å²) in [5, 5.41) is 14.8. The van der Waals surface area contributed by atoms with Gasteiger partial charge in [-0.15, -0.1) is 0 Å². The standard InChI is InChI=1S/C20H17F6N5O5S/c1-27-37(34,35)30-14-6-31(15(7-32)20(14,25)26)19(33)28-18-17-10(2-8(21)5-13(17)36-29-18)16-11(23)3-9(22)4-12(16)24/h2-5,14-15,27,30,32H,6-7H2,1H3,(H,28,29,33)/t14-,15-/m1/s1. The van der Waals surface area contributed by atoms with Crippen LogP contribution in [0, 0.1) is 23.3 Å². The van der Waals surface area contributed by atoms with Gasteiger partial charge in [0.15, 0.2) is 11.4 Å². The predicted molar refractivity (Wildman–Crippen MR) is 116 cm³/mol. The van der Waals surface area contributed by atoms with Crippen LogP contribution < -0.4 is 14.8 Å². The van der Waals surface area contributed by atoms with Crippen LogP contribution in [0.1, 0.15) is 0 Å². The number of fused-ring (bicyclic) bond motifs is 1. The Labute approximate surface area is 204 Å². The number of anilines is 1. The molecular formula is C20H17F6N5O5S. The molecule has 4 rings (SSSR count). The quantitative estimate of drug-likeness (QED) is 0.346. The Bertz CT molecular complexity index is 1460. The van der Waals surface area contributed by atoms with E-state index in [-0.39, 0.29) is 5.39 Å². The first-order valence-electron chi connectivity index (χ1n) is 10.3. The second kappa shape index (κ2) is 9.47. The van der Waals surface area contributed by atoms with Crippen molar-refractivity contribution >= 4 is 33.0 Å². The fraction of sp³-hybridized carbons (Fsp3) is 0.300. The molecule has 4 N–H and O–H groups in total. The van der Waals surface area contributed by atoms with Gasteiger partial charge < -0.3 is 14.5 Å². The molecule has 1 saturated heterocycles. The van der Waals surface area contributed by atoms with Crippen LogP contribution in [0.4, 0.5) is 37.0 Å². The second-order valence-corrected chi connectivity index (χ2v) is 9.59. The molecule has 10 nitrogen and oxygen atoms in total. The zero-order valence-corrected chi connectivity index (χ0v) is 19.3. The number of benzene rings is 2. The van der Waals surface area contributed by atoms with E-state index in [1.54, 1.807) is 9.44 Å². The van der Waals surface area contributed by atoms with E-state index in [0.29, 0.717) is 23.1 Å². The van der Waals surface area contributed by atoms with Crippen molar-refractivity contribution in [1.29, 1.82) is 0 Å². The number of hydrogen-bond acceptors (Lipinski definition) is 6. The number of hydrogen-bond donors (Lipinski definition) is 4. The molecule has 2 amide bonds. The summed E-state index contributed by atoms with van der Waals surface area (Å²) in [7, 11) is -3.40. The van der Waals surface area contributed by atoms with Crippen LogP contribution in [0.5, 0.6) is 0 Å². The topological polar surface area (TPSA) is 137 Å². The summed E-state index contributed by atoms with van der Waals surface area (Å²) in [5.41, 5.74) is -1.82. The van der Waals surface area contributed by atoms with Crippen LogP contribution in [0.3, 0.4) is 0 Å². The summed E-state index contributed by atoms with van der Waals surface area (Å²) in [6.07, 6.45) is 0. The predicted octanol–water partition coefficient (Wildman–Crippen LogP) is 2.32. The van der Waals surface area contributed by atoms with Gasteiger partial charge in [0.25, 0.3) is 16.1 Å². The van der Waals surface area contributed by atoms with Gasteiger partial charge in [0.1, 0.15) is 35.4 Å². The fourth-order valence-electron chi connectivity index (χ4n) is 3.99. The number of likely N-dealkylation sites (tertiary alicyclic amines) is 1. The van der Waals surface area contributed by atoms with Crippen molar-refractivity contribution < 1.29 is 49.2 Å². The minimum atomic E-state index is -4.37. The first kappa shape index (κ1) is 26.6. The number of alkyl halides is 2. The van der Waals surface area contributed by atoms with Crippen LogP contribution in [-0.2, 0) is 10.2 Å². The Morgan fingerprint density at radius 2 is 1.78 bits per heavy atom. The second-order valence-electron chi connectivity index (χ2n) is 7.94. The summed E-state index contributed by atoms with van der Waals surface area (Å²) >= 11 is 0. The van der Waals surface area contributed by atoms with E-state index in [0.717, 1.165) is 13.1 Å². The number of urea groups is 1. The molecule has 1 aromatic heterocycles. The number of aromatic nitrogens is 1. The third-order valence-corrected chi connectivity index (χ3v) is 6.84. The summed E-state index contributed by atoms with van der Waals surface area (Å²) in [5.74, 6) is -9.60. The first-order valence-corrected chi connectivity index (χ1v) is 11.8. The number of nitrogens with one attached hydrogen (secondary N) is 3. The maximum absolute atomic E-state index is 14.8. The number of rotatable bonds is 6. The molecule has 200 valence electrons. The molecular weight excluding hydrogens is 536 g/mol. The van der Waals surface area contributed by atoms with Crippen molar-refractivity contribution in [2.45, 2.75) is 18.0 Å². The monoisotopic (exact) mass is 553 g/mol. The summed E-state index contributed by atoms with van der Waals surface area (Å²) in [4.78, 5) is 13.3. The normalized spacial score (nSPS) is 19.5. The smallest absolute Gasteiger partial charge is 0.323 e. The summed E-state index contributed by atoms with van der Waals surface area (Å²) < 4.78 is 118. The van der Waals surface area contributed by atoms with E-state index in [4.69, 9.17) is 4.52 Å². The molecule has 0 saturated carbocycles. The van der Waals surface area contributed by atoms with Crippen molar-refractivity contribution in [2.24, 2.45) is 0 Å². The average molecular weight is 553 g/mol. The SMILES string of the molecule is CNS(=O)(=O)N[C@@H]1CN(C(=O)Nc2noc3cc(F)cc(-c4c(F)cc(F)cc4F)c23)[C@H](CO)C1(F)F. The van der Waals surface area contributed by atoms with Crippen LogP contribution in [0.15, 0.2) is 28.8 Å². The van der Waals surface area contributed by atoms with E-state index in [1.165, 1.54) is 0 Å². The minimum absolute atomic E-state index is 0.339. The average Bonchev–Trinajstić information content (AvgIpc) is 3.30.